The number of hydrogen-bond acceptors (Lipinski definition) is 20. The van der Waals surface area contributed by atoms with Crippen LogP contribution in [0.1, 0.15) is 6.23 Å². The van der Waals surface area contributed by atoms with Gasteiger partial charge in [0.2, 0.25) is 0 Å². The molecule has 0 radical (unpaired) electrons. The summed E-state index contributed by atoms with van der Waals surface area (Å²) in [7, 11) is -18.0. The second-order valence-electron chi connectivity index (χ2n) is 9.21. The number of aromatic nitrogens is 3. The first-order valence-corrected chi connectivity index (χ1v) is 16.4. The zero-order valence-corrected chi connectivity index (χ0v) is 24.2. The number of halogens is 1. The fraction of sp³-hybridized carbons (Fsp3) is 0.579. The minimum atomic E-state index is -6.09. The highest BCUT2D eigenvalue weighted by Crippen LogP contribution is 2.44. The van der Waals surface area contributed by atoms with Gasteiger partial charge in [0.05, 0.1) is 42.9 Å². The number of rotatable bonds is 12. The van der Waals surface area contributed by atoms with Crippen molar-refractivity contribution >= 4 is 23.5 Å². The number of nitrogens with zero attached hydrogens (tertiary/aromatic N) is 3. The Hall–Kier alpha value is -1.62. The van der Waals surface area contributed by atoms with Crippen molar-refractivity contribution in [2.45, 2.75) is 55.2 Å². The maximum absolute atomic E-state index is 13.7. The Kier molecular flexibility index (Phi) is 10.9. The lowest BCUT2D eigenvalue weighted by Crippen LogP contribution is -2.62. The molecular weight excluding hydrogens is 670 g/mol. The van der Waals surface area contributed by atoms with E-state index in [1.165, 1.54) is 12.1 Å². The molecule has 2 aliphatic rings. The molecule has 0 unspecified atom stereocenters. The highest BCUT2D eigenvalue weighted by atomic mass is 31.2. The van der Waals surface area contributed by atoms with Crippen LogP contribution in [0.2, 0.25) is 0 Å². The Labute approximate surface area is 245 Å². The summed E-state index contributed by atoms with van der Waals surface area (Å²) in [6.07, 6.45) is -18.1. The predicted octanol–water partition coefficient (Wildman–Crippen LogP) is -5.92. The minimum Gasteiger partial charge on any atom is -0.790 e. The van der Waals surface area contributed by atoms with Gasteiger partial charge in [-0.3, -0.25) is 0 Å². The molecule has 44 heavy (non-hydrogen) atoms. The molecule has 2 aliphatic heterocycles. The summed E-state index contributed by atoms with van der Waals surface area (Å²) in [6.45, 7) is -2.26. The van der Waals surface area contributed by atoms with Gasteiger partial charge in [0.25, 0.3) is 0 Å². The maximum atomic E-state index is 13.7. The van der Waals surface area contributed by atoms with Crippen LogP contribution >= 0.6 is 23.5 Å². The van der Waals surface area contributed by atoms with E-state index in [1.807, 2.05) is 0 Å². The number of benzene rings is 1. The first-order valence-electron chi connectivity index (χ1n) is 12.0. The van der Waals surface area contributed by atoms with E-state index in [0.717, 1.165) is 23.0 Å². The predicted molar refractivity (Wildman–Crippen MR) is 120 cm³/mol. The van der Waals surface area contributed by atoms with Crippen molar-refractivity contribution in [3.05, 3.63) is 36.3 Å². The molecule has 0 saturated carbocycles. The average Bonchev–Trinajstić information content (AvgIpc) is 3.51. The van der Waals surface area contributed by atoms with Crippen LogP contribution in [0.15, 0.2) is 30.5 Å². The molecule has 21 nitrogen and oxygen atoms in total. The van der Waals surface area contributed by atoms with Crippen molar-refractivity contribution in [3.8, 4) is 11.3 Å². The molecule has 2 saturated heterocycles. The van der Waals surface area contributed by atoms with Gasteiger partial charge in [0, 0.05) is 5.56 Å². The zero-order valence-electron chi connectivity index (χ0n) is 21.5. The van der Waals surface area contributed by atoms with Crippen molar-refractivity contribution < 1.29 is 90.5 Å². The summed E-state index contributed by atoms with van der Waals surface area (Å²) in [6, 6.07) is 5.03. The monoisotopic (exact) mass is 691 g/mol. The molecule has 1 aromatic heterocycles. The third-order valence-corrected chi connectivity index (χ3v) is 7.70. The maximum Gasteiger partial charge on any atom is 0.187 e. The fourth-order valence-corrected chi connectivity index (χ4v) is 6.15. The fourth-order valence-electron chi connectivity index (χ4n) is 4.53. The van der Waals surface area contributed by atoms with E-state index in [1.54, 1.807) is 0 Å². The van der Waals surface area contributed by atoms with E-state index in [4.69, 9.17) is 14.2 Å². The minimum absolute atomic E-state index is 0.0285. The van der Waals surface area contributed by atoms with Gasteiger partial charge < -0.3 is 86.2 Å². The molecule has 0 aliphatic carbocycles. The lowest BCUT2D eigenvalue weighted by Gasteiger charge is -2.49. The van der Waals surface area contributed by atoms with E-state index in [9.17, 15) is 62.8 Å². The van der Waals surface area contributed by atoms with Crippen LogP contribution in [-0.2, 0) is 41.5 Å². The zero-order chi connectivity index (χ0) is 32.6. The summed E-state index contributed by atoms with van der Waals surface area (Å²) in [5.74, 6) is -0.636. The molecule has 2 fully saturated rings. The van der Waals surface area contributed by atoms with Crippen molar-refractivity contribution in [3.63, 3.8) is 0 Å². The third-order valence-electron chi connectivity index (χ3n) is 6.20. The molecule has 4 rings (SSSR count). The summed E-state index contributed by atoms with van der Waals surface area (Å²) in [5.41, 5.74) is 0.239. The Morgan fingerprint density at radius 3 is 2.00 bits per heavy atom. The summed E-state index contributed by atoms with van der Waals surface area (Å²) >= 11 is 0. The molecule has 1 aromatic carbocycles. The Bertz CT molecular complexity index is 1430. The van der Waals surface area contributed by atoms with Crippen LogP contribution < -0.4 is 29.4 Å². The summed E-state index contributed by atoms with van der Waals surface area (Å²) in [4.78, 5) is 68.4. The van der Waals surface area contributed by atoms with Crippen LogP contribution in [0.3, 0.4) is 0 Å². The van der Waals surface area contributed by atoms with Crippen LogP contribution in [0.5, 0.6) is 0 Å². The van der Waals surface area contributed by atoms with Crippen molar-refractivity contribution in [2.24, 2.45) is 0 Å². The number of phosphoric acid groups is 3. The number of aliphatic hydroxyl groups excluding tert-OH is 3. The van der Waals surface area contributed by atoms with Gasteiger partial charge in [-0.15, -0.1) is 5.10 Å². The van der Waals surface area contributed by atoms with Crippen LogP contribution in [0.25, 0.3) is 11.3 Å². The molecule has 3 heterocycles. The SMILES string of the molecule is O=P([O-])([O-])O[C@@H]1[C@@H](O)[C@@H](O[C@H]2[C@@H](OP(=O)([O-])[O-])[C@H](n3cc(-c4cccc(F)c4)nn3)O[C@@H]2CO)O[C@H](CO)[C@H]1OP(=O)([O-])[O-]. The Morgan fingerprint density at radius 1 is 0.864 bits per heavy atom. The second kappa shape index (κ2) is 13.6. The highest BCUT2D eigenvalue weighted by Gasteiger charge is 2.54. The standard InChI is InChI=1S/C19H27FN3O18P3/c20-9-3-1-2-8(4-9)10-5-23(22-21-10)18-17(41-44(33,34)35)14(11(6-24)36-18)38-19-13(26)16(40-43(30,31)32)15(12(7-25)37-19)39-42(27,28)29/h1-5,11-19,24-26H,6-7H2,(H2,27,28,29)(H2,30,31,32)(H2,33,34,35)/p-6/t11-,12-,13-,14-,15-,16-,17-,18-,19-/m1/s1. The molecule has 0 amide bonds. The Balaban J connectivity index is 1.67. The number of aliphatic hydroxyl groups is 3. The van der Waals surface area contributed by atoms with E-state index in [-0.39, 0.29) is 11.3 Å². The van der Waals surface area contributed by atoms with Gasteiger partial charge in [0.1, 0.15) is 54.2 Å². The van der Waals surface area contributed by atoms with Gasteiger partial charge in [-0.2, -0.15) is 0 Å². The topological polar surface area (TPSA) is 336 Å². The van der Waals surface area contributed by atoms with E-state index in [0.29, 0.717) is 0 Å². The lowest BCUT2D eigenvalue weighted by atomic mass is 9.99. The van der Waals surface area contributed by atoms with Crippen molar-refractivity contribution in [1.29, 1.82) is 0 Å². The van der Waals surface area contributed by atoms with Gasteiger partial charge >= 0.3 is 0 Å². The third kappa shape index (κ3) is 8.80. The van der Waals surface area contributed by atoms with Crippen molar-refractivity contribution in [1.82, 2.24) is 15.0 Å². The highest BCUT2D eigenvalue weighted by molar-refractivity contribution is 7.43. The molecular formula is C19H21FN3O18P3-6. The van der Waals surface area contributed by atoms with Crippen LogP contribution in [-0.4, -0.2) is 92.5 Å². The summed E-state index contributed by atoms with van der Waals surface area (Å²) < 4.78 is 77.9. The quantitative estimate of drug-likeness (QED) is 0.174. The van der Waals surface area contributed by atoms with Crippen LogP contribution in [0, 0.1) is 5.82 Å². The van der Waals surface area contributed by atoms with Gasteiger partial charge in [-0.05, 0) is 12.1 Å². The number of ether oxygens (including phenoxy) is 3. The van der Waals surface area contributed by atoms with E-state index in [2.05, 4.69) is 23.9 Å². The first-order chi connectivity index (χ1) is 20.4. The largest absolute Gasteiger partial charge is 0.790 e. The smallest absolute Gasteiger partial charge is 0.187 e. The van der Waals surface area contributed by atoms with Gasteiger partial charge in [-0.1, -0.05) is 17.3 Å². The summed E-state index contributed by atoms with van der Waals surface area (Å²) in [5, 5.41) is 37.9. The molecule has 25 heteroatoms. The number of hydrogen-bond donors (Lipinski definition) is 3. The van der Waals surface area contributed by atoms with E-state index < -0.39 is 97.7 Å². The number of phosphoric ester groups is 3. The molecule has 9 atom stereocenters. The second-order valence-corrected chi connectivity index (χ2v) is 12.5. The molecule has 0 bridgehead atoms. The Morgan fingerprint density at radius 2 is 1.43 bits per heavy atom. The normalized spacial score (nSPS) is 31.8. The molecule has 0 spiro atoms. The van der Waals surface area contributed by atoms with Crippen LogP contribution in [0.4, 0.5) is 4.39 Å². The van der Waals surface area contributed by atoms with Crippen molar-refractivity contribution in [2.75, 3.05) is 13.2 Å². The van der Waals surface area contributed by atoms with Gasteiger partial charge in [0.15, 0.2) is 12.5 Å². The van der Waals surface area contributed by atoms with Gasteiger partial charge in [-0.25, -0.2) is 9.07 Å². The van der Waals surface area contributed by atoms with E-state index >= 15 is 0 Å². The molecule has 248 valence electrons. The average molecular weight is 691 g/mol. The first kappa shape index (κ1) is 35.2. The molecule has 2 aromatic rings. The lowest BCUT2D eigenvalue weighted by molar-refractivity contribution is -0.379. The molecule has 3 N–H and O–H groups in total.